The third kappa shape index (κ3) is 2.77. The fraction of sp³-hybridized carbons (Fsp3) is 0.684. The van der Waals surface area contributed by atoms with E-state index >= 15 is 0 Å². The number of aryl methyl sites for hydroxylation is 1. The lowest BCUT2D eigenvalue weighted by atomic mass is 9.93. The number of nitrogens with zero attached hydrogens (tertiary/aromatic N) is 2. The molecule has 3 nitrogen and oxygen atoms in total. The molecule has 1 aliphatic heterocycles. The molecule has 2 aliphatic carbocycles. The van der Waals surface area contributed by atoms with Crippen LogP contribution in [0.15, 0.2) is 18.2 Å². The van der Waals surface area contributed by atoms with E-state index in [0.717, 1.165) is 12.5 Å². The molecule has 0 spiro atoms. The predicted octanol–water partition coefficient (Wildman–Crippen LogP) is 3.33. The first-order valence-corrected chi connectivity index (χ1v) is 9.11. The van der Waals surface area contributed by atoms with Crippen molar-refractivity contribution in [3.8, 4) is 5.75 Å². The van der Waals surface area contributed by atoms with E-state index in [9.17, 15) is 5.11 Å². The summed E-state index contributed by atoms with van der Waals surface area (Å²) in [5, 5.41) is 9.65. The van der Waals surface area contributed by atoms with Crippen LogP contribution in [0.25, 0.3) is 0 Å². The van der Waals surface area contributed by atoms with E-state index in [-0.39, 0.29) is 0 Å². The van der Waals surface area contributed by atoms with Gasteiger partial charge < -0.3 is 5.11 Å². The number of rotatable bonds is 2. The minimum absolute atomic E-state index is 0.418. The maximum Gasteiger partial charge on any atom is 0.115 e. The van der Waals surface area contributed by atoms with Crippen molar-refractivity contribution in [3.63, 3.8) is 0 Å². The molecule has 0 aromatic heterocycles. The van der Waals surface area contributed by atoms with Crippen LogP contribution in [-0.2, 0) is 6.42 Å². The SMILES string of the molecule is Oc1ccc2c(c1)CCC2N1CCN(C2CCCCC2)CC1. The Bertz CT molecular complexity index is 516. The Morgan fingerprint density at radius 2 is 1.59 bits per heavy atom. The number of hydrogen-bond donors (Lipinski definition) is 1. The molecule has 1 N–H and O–H groups in total. The molecule has 120 valence electrons. The molecule has 1 atom stereocenters. The van der Waals surface area contributed by atoms with Gasteiger partial charge in [0.1, 0.15) is 5.75 Å². The van der Waals surface area contributed by atoms with Crippen LogP contribution in [0.5, 0.6) is 5.75 Å². The third-order valence-electron chi connectivity index (χ3n) is 6.05. The highest BCUT2D eigenvalue weighted by Gasteiger charge is 2.32. The van der Waals surface area contributed by atoms with Crippen LogP contribution in [0.3, 0.4) is 0 Å². The summed E-state index contributed by atoms with van der Waals surface area (Å²) in [6.45, 7) is 4.91. The maximum atomic E-state index is 9.65. The van der Waals surface area contributed by atoms with Gasteiger partial charge in [-0.25, -0.2) is 0 Å². The summed E-state index contributed by atoms with van der Waals surface area (Å²) in [5.74, 6) is 0.418. The van der Waals surface area contributed by atoms with E-state index in [0.29, 0.717) is 11.8 Å². The normalized spacial score (nSPS) is 27.9. The molecule has 1 heterocycles. The lowest BCUT2D eigenvalue weighted by Gasteiger charge is -2.42. The molecule has 0 amide bonds. The first kappa shape index (κ1) is 14.5. The van der Waals surface area contributed by atoms with E-state index in [1.165, 1.54) is 75.8 Å². The molecule has 3 heteroatoms. The molecule has 0 radical (unpaired) electrons. The van der Waals surface area contributed by atoms with E-state index in [1.807, 2.05) is 12.1 Å². The smallest absolute Gasteiger partial charge is 0.115 e. The molecule has 2 fully saturated rings. The van der Waals surface area contributed by atoms with Crippen LogP contribution in [0.2, 0.25) is 0 Å². The Morgan fingerprint density at radius 1 is 0.864 bits per heavy atom. The van der Waals surface area contributed by atoms with Crippen molar-refractivity contribution < 1.29 is 5.11 Å². The summed E-state index contributed by atoms with van der Waals surface area (Å²) in [7, 11) is 0. The second kappa shape index (κ2) is 6.21. The first-order valence-electron chi connectivity index (χ1n) is 9.11. The van der Waals surface area contributed by atoms with Crippen molar-refractivity contribution in [3.05, 3.63) is 29.3 Å². The zero-order valence-corrected chi connectivity index (χ0v) is 13.5. The molecule has 1 aromatic rings. The monoisotopic (exact) mass is 300 g/mol. The van der Waals surface area contributed by atoms with Crippen molar-refractivity contribution in [2.45, 2.75) is 57.0 Å². The van der Waals surface area contributed by atoms with Gasteiger partial charge in [0.05, 0.1) is 0 Å². The average Bonchev–Trinajstić information content (AvgIpc) is 2.99. The van der Waals surface area contributed by atoms with Crippen LogP contribution in [0.4, 0.5) is 0 Å². The fourth-order valence-corrected chi connectivity index (χ4v) is 4.82. The van der Waals surface area contributed by atoms with Gasteiger partial charge in [-0.2, -0.15) is 0 Å². The van der Waals surface area contributed by atoms with Gasteiger partial charge in [0.15, 0.2) is 0 Å². The average molecular weight is 300 g/mol. The first-order chi connectivity index (χ1) is 10.8. The fourth-order valence-electron chi connectivity index (χ4n) is 4.82. The zero-order valence-electron chi connectivity index (χ0n) is 13.5. The summed E-state index contributed by atoms with van der Waals surface area (Å²) in [6.07, 6.45) is 9.51. The van der Waals surface area contributed by atoms with Crippen LogP contribution in [-0.4, -0.2) is 47.1 Å². The van der Waals surface area contributed by atoms with E-state index in [1.54, 1.807) is 0 Å². The summed E-state index contributed by atoms with van der Waals surface area (Å²) >= 11 is 0. The number of benzene rings is 1. The lowest BCUT2D eigenvalue weighted by Crippen LogP contribution is -2.51. The zero-order chi connectivity index (χ0) is 14.9. The molecule has 1 saturated carbocycles. The van der Waals surface area contributed by atoms with Gasteiger partial charge in [-0.1, -0.05) is 25.3 Å². The second-order valence-electron chi connectivity index (χ2n) is 7.30. The molecule has 1 aromatic carbocycles. The van der Waals surface area contributed by atoms with Gasteiger partial charge >= 0.3 is 0 Å². The van der Waals surface area contributed by atoms with E-state index in [4.69, 9.17) is 0 Å². The summed E-state index contributed by atoms with van der Waals surface area (Å²) in [6, 6.07) is 7.42. The number of aromatic hydroxyl groups is 1. The minimum Gasteiger partial charge on any atom is -0.508 e. The quantitative estimate of drug-likeness (QED) is 0.907. The molecule has 3 aliphatic rings. The van der Waals surface area contributed by atoms with Crippen molar-refractivity contribution in [2.75, 3.05) is 26.2 Å². The Morgan fingerprint density at radius 3 is 2.36 bits per heavy atom. The number of hydrogen-bond acceptors (Lipinski definition) is 3. The molecule has 0 bridgehead atoms. The van der Waals surface area contributed by atoms with E-state index in [2.05, 4.69) is 15.9 Å². The number of fused-ring (bicyclic) bond motifs is 1. The third-order valence-corrected chi connectivity index (χ3v) is 6.05. The molecule has 1 saturated heterocycles. The van der Waals surface area contributed by atoms with Crippen molar-refractivity contribution in [2.24, 2.45) is 0 Å². The van der Waals surface area contributed by atoms with Gasteiger partial charge in [-0.3, -0.25) is 9.80 Å². The number of phenols is 1. The van der Waals surface area contributed by atoms with Crippen LogP contribution >= 0.6 is 0 Å². The Labute approximate surface area is 133 Å². The van der Waals surface area contributed by atoms with Gasteiger partial charge in [0.25, 0.3) is 0 Å². The van der Waals surface area contributed by atoms with Crippen molar-refractivity contribution in [1.82, 2.24) is 9.80 Å². The second-order valence-corrected chi connectivity index (χ2v) is 7.30. The predicted molar refractivity (Wildman–Crippen MR) is 89.2 cm³/mol. The standard InChI is InChI=1S/C19H28N2O/c22-17-7-8-18-15(14-17)6-9-19(18)21-12-10-20(11-13-21)16-4-2-1-3-5-16/h7-8,14,16,19,22H,1-6,9-13H2. The molecule has 1 unspecified atom stereocenters. The summed E-state index contributed by atoms with van der Waals surface area (Å²) in [4.78, 5) is 5.44. The molecular weight excluding hydrogens is 272 g/mol. The molecule has 4 rings (SSSR count). The Hall–Kier alpha value is -1.06. The van der Waals surface area contributed by atoms with Crippen LogP contribution in [0.1, 0.15) is 55.7 Å². The number of phenolic OH excluding ortho intramolecular Hbond substituents is 1. The Balaban J connectivity index is 1.38. The van der Waals surface area contributed by atoms with Gasteiger partial charge in [0, 0.05) is 38.3 Å². The lowest BCUT2D eigenvalue weighted by molar-refractivity contribution is 0.0564. The van der Waals surface area contributed by atoms with Gasteiger partial charge in [-0.15, -0.1) is 0 Å². The maximum absolute atomic E-state index is 9.65. The van der Waals surface area contributed by atoms with Gasteiger partial charge in [-0.05, 0) is 48.9 Å². The minimum atomic E-state index is 0.418. The van der Waals surface area contributed by atoms with Crippen molar-refractivity contribution in [1.29, 1.82) is 0 Å². The Kier molecular flexibility index (Phi) is 4.10. The highest BCUT2D eigenvalue weighted by molar-refractivity contribution is 5.40. The van der Waals surface area contributed by atoms with E-state index < -0.39 is 0 Å². The molecular formula is C19H28N2O. The highest BCUT2D eigenvalue weighted by Crippen LogP contribution is 2.38. The number of piperazine rings is 1. The highest BCUT2D eigenvalue weighted by atomic mass is 16.3. The van der Waals surface area contributed by atoms with Crippen LogP contribution in [0, 0.1) is 0 Å². The van der Waals surface area contributed by atoms with Crippen molar-refractivity contribution >= 4 is 0 Å². The van der Waals surface area contributed by atoms with Gasteiger partial charge in [0.2, 0.25) is 0 Å². The summed E-state index contributed by atoms with van der Waals surface area (Å²) < 4.78 is 0. The largest absolute Gasteiger partial charge is 0.508 e. The van der Waals surface area contributed by atoms with Crippen LogP contribution < -0.4 is 0 Å². The molecule has 22 heavy (non-hydrogen) atoms. The topological polar surface area (TPSA) is 26.7 Å². The summed E-state index contributed by atoms with van der Waals surface area (Å²) in [5.41, 5.74) is 2.82.